The van der Waals surface area contributed by atoms with Gasteiger partial charge in [-0.1, -0.05) is 43.5 Å². The van der Waals surface area contributed by atoms with Gasteiger partial charge in [0.25, 0.3) is 6.29 Å². The molecule has 156 valence electrons. The number of rotatable bonds is 8. The zero-order valence-corrected chi connectivity index (χ0v) is 16.5. The predicted octanol–water partition coefficient (Wildman–Crippen LogP) is 3.26. The molecule has 0 radical (unpaired) electrons. The number of carbonyl (C=O) groups is 4. The number of fused-ring (bicyclic) bond motifs is 1. The average Bonchev–Trinajstić information content (AvgIpc) is 2.70. The third-order valence-electron chi connectivity index (χ3n) is 3.89. The molecule has 0 aliphatic heterocycles. The van der Waals surface area contributed by atoms with Gasteiger partial charge in [0.1, 0.15) is 0 Å². The summed E-state index contributed by atoms with van der Waals surface area (Å²) in [6, 6.07) is 9.54. The lowest BCUT2D eigenvalue weighted by Crippen LogP contribution is -2.31. The summed E-state index contributed by atoms with van der Waals surface area (Å²) in [7, 11) is 0. The molecule has 0 aliphatic rings. The molecule has 0 bridgehead atoms. The van der Waals surface area contributed by atoms with Gasteiger partial charge in [0.05, 0.1) is 11.1 Å². The summed E-state index contributed by atoms with van der Waals surface area (Å²) in [6.07, 6.45) is -1.56. The standard InChI is InChI=1S/C22H20O8/c1-12(2)20(25)29-17(30-21(26)13(3)4)11-28-22(27)18-15-8-6-5-7-14(15)9-10-16(18)19(23)24/h5-10,17H,1,3,11H2,2,4H3,(H,23,24). The lowest BCUT2D eigenvalue weighted by atomic mass is 9.99. The Bertz CT molecular complexity index is 1020. The highest BCUT2D eigenvalue weighted by atomic mass is 16.7. The summed E-state index contributed by atoms with van der Waals surface area (Å²) in [5, 5.41) is 10.5. The summed E-state index contributed by atoms with van der Waals surface area (Å²) in [5.74, 6) is -4.01. The largest absolute Gasteiger partial charge is 0.478 e. The van der Waals surface area contributed by atoms with Crippen molar-refractivity contribution in [3.05, 3.63) is 71.8 Å². The predicted molar refractivity (Wildman–Crippen MR) is 107 cm³/mol. The number of esters is 3. The number of benzene rings is 2. The minimum Gasteiger partial charge on any atom is -0.478 e. The van der Waals surface area contributed by atoms with E-state index in [2.05, 4.69) is 13.2 Å². The minimum atomic E-state index is -1.56. The maximum atomic E-state index is 12.7. The number of ether oxygens (including phenoxy) is 3. The van der Waals surface area contributed by atoms with Crippen molar-refractivity contribution in [2.45, 2.75) is 20.1 Å². The van der Waals surface area contributed by atoms with Gasteiger partial charge >= 0.3 is 23.9 Å². The third-order valence-corrected chi connectivity index (χ3v) is 3.89. The molecule has 2 aromatic carbocycles. The Morgan fingerprint density at radius 2 is 1.50 bits per heavy atom. The molecule has 8 nitrogen and oxygen atoms in total. The van der Waals surface area contributed by atoms with Crippen molar-refractivity contribution in [2.24, 2.45) is 0 Å². The first-order valence-electron chi connectivity index (χ1n) is 8.77. The van der Waals surface area contributed by atoms with Crippen molar-refractivity contribution in [1.29, 1.82) is 0 Å². The van der Waals surface area contributed by atoms with E-state index >= 15 is 0 Å². The molecule has 0 unspecified atom stereocenters. The molecule has 2 rings (SSSR count). The first-order chi connectivity index (χ1) is 14.1. The molecule has 2 aromatic rings. The van der Waals surface area contributed by atoms with Crippen LogP contribution in [0.15, 0.2) is 60.7 Å². The third kappa shape index (κ3) is 5.32. The van der Waals surface area contributed by atoms with E-state index in [0.29, 0.717) is 10.8 Å². The highest BCUT2D eigenvalue weighted by Crippen LogP contribution is 2.24. The Labute approximate surface area is 172 Å². The normalized spacial score (nSPS) is 10.4. The van der Waals surface area contributed by atoms with E-state index in [9.17, 15) is 24.3 Å². The van der Waals surface area contributed by atoms with E-state index < -0.39 is 36.8 Å². The molecule has 0 amide bonds. The molecule has 0 saturated carbocycles. The van der Waals surface area contributed by atoms with Crippen LogP contribution in [0.4, 0.5) is 0 Å². The Balaban J connectivity index is 2.30. The summed E-state index contributed by atoms with van der Waals surface area (Å²) >= 11 is 0. The van der Waals surface area contributed by atoms with Gasteiger partial charge in [0.2, 0.25) is 0 Å². The van der Waals surface area contributed by atoms with E-state index in [0.717, 1.165) is 0 Å². The Morgan fingerprint density at radius 3 is 2.03 bits per heavy atom. The monoisotopic (exact) mass is 412 g/mol. The fraction of sp³-hybridized carbons (Fsp3) is 0.182. The highest BCUT2D eigenvalue weighted by molar-refractivity contribution is 6.12. The van der Waals surface area contributed by atoms with Crippen molar-refractivity contribution in [2.75, 3.05) is 6.61 Å². The van der Waals surface area contributed by atoms with E-state index in [1.165, 1.54) is 19.9 Å². The van der Waals surface area contributed by atoms with Crippen molar-refractivity contribution in [3.8, 4) is 0 Å². The fourth-order valence-electron chi connectivity index (χ4n) is 2.42. The number of hydrogen-bond acceptors (Lipinski definition) is 7. The van der Waals surface area contributed by atoms with Crippen LogP contribution in [-0.4, -0.2) is 41.9 Å². The van der Waals surface area contributed by atoms with Crippen molar-refractivity contribution >= 4 is 34.6 Å². The second kappa shape index (κ2) is 9.51. The van der Waals surface area contributed by atoms with Crippen LogP contribution in [0, 0.1) is 0 Å². The van der Waals surface area contributed by atoms with Crippen LogP contribution in [-0.2, 0) is 23.8 Å². The second-order valence-electron chi connectivity index (χ2n) is 6.41. The van der Waals surface area contributed by atoms with Crippen LogP contribution in [0.25, 0.3) is 10.8 Å². The molecule has 0 aromatic heterocycles. The maximum absolute atomic E-state index is 12.7. The first-order valence-corrected chi connectivity index (χ1v) is 8.77. The second-order valence-corrected chi connectivity index (χ2v) is 6.41. The van der Waals surface area contributed by atoms with Crippen molar-refractivity contribution < 1.29 is 38.5 Å². The van der Waals surface area contributed by atoms with Gasteiger partial charge < -0.3 is 19.3 Å². The topological polar surface area (TPSA) is 116 Å². The van der Waals surface area contributed by atoms with Crippen LogP contribution in [0.2, 0.25) is 0 Å². The highest BCUT2D eigenvalue weighted by Gasteiger charge is 2.25. The van der Waals surface area contributed by atoms with Gasteiger partial charge in [-0.25, -0.2) is 19.2 Å². The number of carbonyl (C=O) groups excluding carboxylic acids is 3. The molecular formula is C22H20O8. The van der Waals surface area contributed by atoms with E-state index in [4.69, 9.17) is 14.2 Å². The van der Waals surface area contributed by atoms with E-state index in [1.54, 1.807) is 30.3 Å². The zero-order valence-electron chi connectivity index (χ0n) is 16.5. The molecule has 0 fully saturated rings. The Morgan fingerprint density at radius 1 is 0.933 bits per heavy atom. The van der Waals surface area contributed by atoms with E-state index in [1.807, 2.05) is 0 Å². The maximum Gasteiger partial charge on any atom is 0.339 e. The molecule has 0 saturated heterocycles. The SMILES string of the molecule is C=C(C)C(=O)OC(COC(=O)c1c(C(=O)O)ccc2ccccc12)OC(=O)C(=C)C. The molecule has 0 spiro atoms. The Hall–Kier alpha value is -3.94. The molecule has 8 heteroatoms. The average molecular weight is 412 g/mol. The van der Waals surface area contributed by atoms with Gasteiger partial charge in [-0.2, -0.15) is 0 Å². The smallest absolute Gasteiger partial charge is 0.339 e. The fourth-order valence-corrected chi connectivity index (χ4v) is 2.42. The number of carboxylic acid groups (broad SMARTS) is 1. The van der Waals surface area contributed by atoms with Crippen molar-refractivity contribution in [1.82, 2.24) is 0 Å². The van der Waals surface area contributed by atoms with Gasteiger partial charge in [0.15, 0.2) is 6.61 Å². The minimum absolute atomic E-state index is 0.0416. The van der Waals surface area contributed by atoms with E-state index in [-0.39, 0.29) is 22.3 Å². The lowest BCUT2D eigenvalue weighted by Gasteiger charge is -2.19. The van der Waals surface area contributed by atoms with Crippen LogP contribution in [0.5, 0.6) is 0 Å². The van der Waals surface area contributed by atoms with Gasteiger partial charge in [-0.15, -0.1) is 0 Å². The molecule has 0 atom stereocenters. The zero-order chi connectivity index (χ0) is 22.4. The number of hydrogen-bond donors (Lipinski definition) is 1. The molecule has 0 aliphatic carbocycles. The van der Waals surface area contributed by atoms with Crippen molar-refractivity contribution in [3.63, 3.8) is 0 Å². The summed E-state index contributed by atoms with van der Waals surface area (Å²) in [5.41, 5.74) is -0.343. The lowest BCUT2D eigenvalue weighted by molar-refractivity contribution is -0.188. The number of carboxylic acids is 1. The van der Waals surface area contributed by atoms with Gasteiger partial charge in [-0.05, 0) is 30.7 Å². The molecule has 30 heavy (non-hydrogen) atoms. The van der Waals surface area contributed by atoms with Crippen LogP contribution < -0.4 is 0 Å². The quantitative estimate of drug-likeness (QED) is 0.399. The van der Waals surface area contributed by atoms with Crippen LogP contribution >= 0.6 is 0 Å². The van der Waals surface area contributed by atoms with Crippen LogP contribution in [0.1, 0.15) is 34.6 Å². The molecule has 1 N–H and O–H groups in total. The summed E-state index contributed by atoms with van der Waals surface area (Å²) < 4.78 is 15.1. The molecule has 0 heterocycles. The summed E-state index contributed by atoms with van der Waals surface area (Å²) in [4.78, 5) is 47.9. The summed E-state index contributed by atoms with van der Waals surface area (Å²) in [6.45, 7) is 8.98. The van der Waals surface area contributed by atoms with Gasteiger partial charge in [0, 0.05) is 11.1 Å². The van der Waals surface area contributed by atoms with Crippen LogP contribution in [0.3, 0.4) is 0 Å². The first kappa shape index (κ1) is 22.4. The molecular weight excluding hydrogens is 392 g/mol. The van der Waals surface area contributed by atoms with Gasteiger partial charge in [-0.3, -0.25) is 0 Å². The number of aromatic carboxylic acids is 1. The Kier molecular flexibility index (Phi) is 7.08.